The molecule has 0 aliphatic heterocycles. The summed E-state index contributed by atoms with van der Waals surface area (Å²) in [5.74, 6) is 0.617. The molecule has 0 aromatic rings. The Balaban J connectivity index is 1.34. The van der Waals surface area contributed by atoms with Crippen LogP contribution in [0.25, 0.3) is 0 Å². The molecule has 10 nitrogen and oxygen atoms in total. The Bertz CT molecular complexity index is 1180. The van der Waals surface area contributed by atoms with E-state index in [1.807, 2.05) is 0 Å². The zero-order chi connectivity index (χ0) is 34.9. The van der Waals surface area contributed by atoms with Crippen LogP contribution in [0.3, 0.4) is 0 Å². The summed E-state index contributed by atoms with van der Waals surface area (Å²) in [6, 6.07) is 0. The van der Waals surface area contributed by atoms with Gasteiger partial charge in [-0.25, -0.2) is 0 Å². The lowest BCUT2D eigenvalue weighted by atomic mass is 9.46. The van der Waals surface area contributed by atoms with Crippen LogP contribution in [0.2, 0.25) is 0 Å². The van der Waals surface area contributed by atoms with Gasteiger partial charge in [0, 0.05) is 6.92 Å². The molecule has 0 heterocycles. The first kappa shape index (κ1) is 36.8. The fourth-order valence-electron chi connectivity index (χ4n) is 12.8. The van der Waals surface area contributed by atoms with Gasteiger partial charge in [0.15, 0.2) is 12.6 Å². The highest BCUT2D eigenvalue weighted by atomic mass is 16.7. The molecule has 5 aliphatic rings. The van der Waals surface area contributed by atoms with Gasteiger partial charge in [-0.2, -0.15) is 0 Å². The van der Waals surface area contributed by atoms with Crippen molar-refractivity contribution in [1.29, 1.82) is 0 Å². The number of carbonyl (C=O) groups excluding carboxylic acids is 3. The molecular formula is C37H60O10. The van der Waals surface area contributed by atoms with Crippen LogP contribution in [0.5, 0.6) is 0 Å². The molecule has 0 bridgehead atoms. The molecule has 0 radical (unpaired) electrons. The molecular weight excluding hydrogens is 604 g/mol. The zero-order valence-corrected chi connectivity index (χ0v) is 29.7. The standard InChI is InChI=1S/C37H60O10/c1-20(9-12-27(34(6,7)44)46-22(3)40)29-31(42)32(43)30-24-10-11-25-33(4,5)26(47-28(18-39)45-19-23(41)17-38)13-14-37(25)21(2)36(24,37)16-15-35(29,30)8/h17-18,20-21,23-32,41-44H,9-16,19H2,1-8H3/t20-,21+,23+,24+,25?,26+,27+,28?,29+,30?,31+,32-,35-,36+,37?/m1/s1. The largest absolute Gasteiger partial charge is 0.460 e. The van der Waals surface area contributed by atoms with Crippen molar-refractivity contribution in [1.82, 2.24) is 0 Å². The number of hydrogen-bond acceptors (Lipinski definition) is 10. The summed E-state index contributed by atoms with van der Waals surface area (Å²) in [7, 11) is 0. The fourth-order valence-corrected chi connectivity index (χ4v) is 12.8. The van der Waals surface area contributed by atoms with E-state index in [-0.39, 0.29) is 52.1 Å². The Morgan fingerprint density at radius 3 is 2.26 bits per heavy atom. The van der Waals surface area contributed by atoms with Gasteiger partial charge in [-0.3, -0.25) is 9.59 Å². The Morgan fingerprint density at radius 2 is 1.66 bits per heavy atom. The number of aldehydes is 2. The quantitative estimate of drug-likeness (QED) is 0.130. The van der Waals surface area contributed by atoms with Crippen LogP contribution in [0.15, 0.2) is 0 Å². The first-order valence-corrected chi connectivity index (χ1v) is 18.0. The van der Waals surface area contributed by atoms with Crippen molar-refractivity contribution in [3.63, 3.8) is 0 Å². The van der Waals surface area contributed by atoms with E-state index in [0.29, 0.717) is 43.2 Å². The molecule has 268 valence electrons. The van der Waals surface area contributed by atoms with Crippen molar-refractivity contribution in [3.8, 4) is 0 Å². The third kappa shape index (κ3) is 5.65. The summed E-state index contributed by atoms with van der Waals surface area (Å²) in [6.07, 6.45) is 2.77. The van der Waals surface area contributed by atoms with Crippen molar-refractivity contribution >= 4 is 18.5 Å². The maximum absolute atomic E-state index is 11.9. The smallest absolute Gasteiger partial charge is 0.303 e. The highest BCUT2D eigenvalue weighted by Gasteiger charge is 2.85. The molecule has 0 aromatic carbocycles. The van der Waals surface area contributed by atoms with Crippen molar-refractivity contribution in [3.05, 3.63) is 0 Å². The van der Waals surface area contributed by atoms with E-state index in [9.17, 15) is 34.8 Å². The molecule has 4 N–H and O–H groups in total. The summed E-state index contributed by atoms with van der Waals surface area (Å²) >= 11 is 0. The molecule has 5 fully saturated rings. The second kappa shape index (κ2) is 12.7. The summed E-state index contributed by atoms with van der Waals surface area (Å²) in [5.41, 5.74) is -1.50. The second-order valence-corrected chi connectivity index (χ2v) is 17.4. The van der Waals surface area contributed by atoms with Crippen LogP contribution in [-0.4, -0.2) is 88.0 Å². The summed E-state index contributed by atoms with van der Waals surface area (Å²) in [4.78, 5) is 34.4. The van der Waals surface area contributed by atoms with Crippen LogP contribution in [0.4, 0.5) is 0 Å². The Morgan fingerprint density at radius 1 is 0.979 bits per heavy atom. The lowest BCUT2D eigenvalue weighted by Gasteiger charge is -2.60. The highest BCUT2D eigenvalue weighted by molar-refractivity contribution is 5.66. The minimum Gasteiger partial charge on any atom is -0.460 e. The monoisotopic (exact) mass is 664 g/mol. The summed E-state index contributed by atoms with van der Waals surface area (Å²) < 4.78 is 17.2. The van der Waals surface area contributed by atoms with Gasteiger partial charge in [0.25, 0.3) is 0 Å². The predicted molar refractivity (Wildman–Crippen MR) is 173 cm³/mol. The van der Waals surface area contributed by atoms with E-state index in [4.69, 9.17) is 14.2 Å². The normalized spacial score (nSPS) is 44.4. The van der Waals surface area contributed by atoms with Crippen molar-refractivity contribution in [2.45, 2.75) is 149 Å². The first-order valence-electron chi connectivity index (χ1n) is 18.0. The number of fused-ring (bicyclic) bond motifs is 2. The van der Waals surface area contributed by atoms with Crippen LogP contribution >= 0.6 is 0 Å². The molecule has 0 aromatic heterocycles. The van der Waals surface area contributed by atoms with Gasteiger partial charge in [0.05, 0.1) is 30.5 Å². The van der Waals surface area contributed by atoms with Gasteiger partial charge in [0.2, 0.25) is 6.29 Å². The number of aliphatic hydroxyl groups excluding tert-OH is 3. The number of esters is 1. The SMILES string of the molecule is CC(=O)O[C@@H](CC[C@@H](C)[C@H]1[C@H](O)[C@H](O)C2[C@@H]3CCC4C(C)(C)[C@@H](OC(C=O)OC[C@@H](O)C=O)CCC45[C@@H](C)[C@@]35CC[C@@]21C)C(C)(C)O. The molecule has 15 atom stereocenters. The molecule has 0 amide bonds. The van der Waals surface area contributed by atoms with Crippen molar-refractivity contribution < 1.29 is 49.0 Å². The van der Waals surface area contributed by atoms with E-state index < -0.39 is 42.3 Å². The van der Waals surface area contributed by atoms with Crippen LogP contribution < -0.4 is 0 Å². The van der Waals surface area contributed by atoms with Gasteiger partial charge < -0.3 is 39.4 Å². The lowest BCUT2D eigenvalue weighted by molar-refractivity contribution is -0.223. The van der Waals surface area contributed by atoms with Crippen LogP contribution in [0, 0.1) is 57.2 Å². The van der Waals surface area contributed by atoms with Crippen LogP contribution in [0.1, 0.15) is 107 Å². The predicted octanol–water partition coefficient (Wildman–Crippen LogP) is 3.83. The summed E-state index contributed by atoms with van der Waals surface area (Å²) in [5, 5.41) is 43.8. The van der Waals surface area contributed by atoms with Gasteiger partial charge in [-0.05, 0) is 122 Å². The lowest BCUT2D eigenvalue weighted by Crippen LogP contribution is -2.56. The Labute approximate surface area is 280 Å². The minimum absolute atomic E-state index is 0.0193. The van der Waals surface area contributed by atoms with Crippen molar-refractivity contribution in [2.24, 2.45) is 57.2 Å². The van der Waals surface area contributed by atoms with Gasteiger partial charge in [-0.15, -0.1) is 0 Å². The zero-order valence-electron chi connectivity index (χ0n) is 29.7. The molecule has 47 heavy (non-hydrogen) atoms. The summed E-state index contributed by atoms with van der Waals surface area (Å²) in [6.45, 7) is 15.6. The molecule has 10 heteroatoms. The molecule has 0 saturated heterocycles. The molecule has 2 spiro atoms. The third-order valence-corrected chi connectivity index (χ3v) is 14.6. The van der Waals surface area contributed by atoms with E-state index in [1.165, 1.54) is 6.92 Å². The topological polar surface area (TPSA) is 160 Å². The van der Waals surface area contributed by atoms with E-state index in [1.54, 1.807) is 13.8 Å². The number of hydrogen-bond donors (Lipinski definition) is 4. The molecule has 5 rings (SSSR count). The highest BCUT2D eigenvalue weighted by Crippen LogP contribution is 2.89. The number of rotatable bonds is 13. The van der Waals surface area contributed by atoms with E-state index in [2.05, 4.69) is 34.6 Å². The Hall–Kier alpha value is -1.43. The van der Waals surface area contributed by atoms with Crippen molar-refractivity contribution in [2.75, 3.05) is 6.61 Å². The molecule has 5 saturated carbocycles. The van der Waals surface area contributed by atoms with E-state index in [0.717, 1.165) is 38.5 Å². The average Bonchev–Trinajstić information content (AvgIpc) is 3.44. The number of carbonyl (C=O) groups is 3. The molecule has 4 unspecified atom stereocenters. The molecule has 5 aliphatic carbocycles. The minimum atomic E-state index is -1.31. The Kier molecular flexibility index (Phi) is 9.97. The van der Waals surface area contributed by atoms with Crippen LogP contribution in [-0.2, 0) is 28.6 Å². The number of ether oxygens (including phenoxy) is 3. The second-order valence-electron chi connectivity index (χ2n) is 17.4. The van der Waals surface area contributed by atoms with Gasteiger partial charge in [0.1, 0.15) is 12.2 Å². The maximum atomic E-state index is 11.9. The fraction of sp³-hybridized carbons (Fsp3) is 0.919. The third-order valence-electron chi connectivity index (χ3n) is 14.6. The van der Waals surface area contributed by atoms with E-state index >= 15 is 0 Å². The average molecular weight is 665 g/mol. The van der Waals surface area contributed by atoms with Gasteiger partial charge >= 0.3 is 5.97 Å². The first-order chi connectivity index (χ1) is 21.8. The number of aliphatic hydroxyl groups is 4. The maximum Gasteiger partial charge on any atom is 0.303 e. The van der Waals surface area contributed by atoms with Gasteiger partial charge in [-0.1, -0.05) is 34.6 Å².